The molecule has 1 amide bonds. The quantitative estimate of drug-likeness (QED) is 0.534. The molecule has 0 atom stereocenters. The van der Waals surface area contributed by atoms with Crippen LogP contribution in [-0.2, 0) is 11.3 Å². The Labute approximate surface area is 186 Å². The normalized spacial score (nSPS) is 19.5. The molecule has 2 N–H and O–H groups in total. The Kier molecular flexibility index (Phi) is 8.82. The van der Waals surface area contributed by atoms with Crippen molar-refractivity contribution in [2.75, 3.05) is 33.7 Å². The summed E-state index contributed by atoms with van der Waals surface area (Å²) in [6.45, 7) is 3.24. The van der Waals surface area contributed by atoms with Crippen molar-refractivity contribution in [3.8, 4) is 0 Å². The molecule has 166 valence electrons. The molecule has 6 nitrogen and oxygen atoms in total. The number of carbonyl (C=O) groups excluding carboxylic acids is 1. The van der Waals surface area contributed by atoms with Gasteiger partial charge in [0.2, 0.25) is 5.91 Å². The molecular weight excluding hydrogens is 398 g/mol. The fourth-order valence-electron chi connectivity index (χ4n) is 4.14. The van der Waals surface area contributed by atoms with E-state index in [-0.39, 0.29) is 12.5 Å². The molecule has 1 aliphatic heterocycles. The summed E-state index contributed by atoms with van der Waals surface area (Å²) in [5.41, 5.74) is 1.30. The molecule has 0 bridgehead atoms. The Balaban J connectivity index is 1.51. The van der Waals surface area contributed by atoms with E-state index in [9.17, 15) is 4.79 Å². The van der Waals surface area contributed by atoms with E-state index in [1.54, 1.807) is 19.0 Å². The van der Waals surface area contributed by atoms with Crippen molar-refractivity contribution in [3.63, 3.8) is 0 Å². The van der Waals surface area contributed by atoms with Crippen LogP contribution in [0.4, 0.5) is 0 Å². The van der Waals surface area contributed by atoms with Crippen LogP contribution >= 0.6 is 11.6 Å². The second-order valence-electron chi connectivity index (χ2n) is 8.75. The lowest BCUT2D eigenvalue weighted by Gasteiger charge is -2.34. The average Bonchev–Trinajstić information content (AvgIpc) is 2.75. The highest BCUT2D eigenvalue weighted by molar-refractivity contribution is 6.30. The third-order valence-electron chi connectivity index (χ3n) is 6.07. The van der Waals surface area contributed by atoms with Crippen molar-refractivity contribution >= 4 is 23.5 Å². The third kappa shape index (κ3) is 7.47. The van der Waals surface area contributed by atoms with Gasteiger partial charge >= 0.3 is 0 Å². The highest BCUT2D eigenvalue weighted by Gasteiger charge is 2.22. The molecule has 1 aromatic carbocycles. The lowest BCUT2D eigenvalue weighted by atomic mass is 9.95. The molecule has 30 heavy (non-hydrogen) atoms. The number of nitrogens with zero attached hydrogens (tertiary/aromatic N) is 3. The smallest absolute Gasteiger partial charge is 0.243 e. The molecule has 1 saturated heterocycles. The second-order valence-corrected chi connectivity index (χ2v) is 9.19. The van der Waals surface area contributed by atoms with E-state index in [1.165, 1.54) is 37.7 Å². The zero-order chi connectivity index (χ0) is 21.3. The molecule has 3 rings (SSSR count). The largest absolute Gasteiger partial charge is 0.354 e. The molecule has 1 aliphatic carbocycles. The van der Waals surface area contributed by atoms with E-state index >= 15 is 0 Å². The van der Waals surface area contributed by atoms with Crippen LogP contribution in [0.5, 0.6) is 0 Å². The second kappa shape index (κ2) is 11.6. The summed E-state index contributed by atoms with van der Waals surface area (Å²) in [4.78, 5) is 20.7. The Morgan fingerprint density at radius 3 is 2.23 bits per heavy atom. The van der Waals surface area contributed by atoms with Crippen molar-refractivity contribution in [1.82, 2.24) is 20.4 Å². The van der Waals surface area contributed by atoms with Crippen LogP contribution in [0.15, 0.2) is 29.3 Å². The van der Waals surface area contributed by atoms with Crippen LogP contribution in [-0.4, -0.2) is 67.5 Å². The lowest BCUT2D eigenvalue weighted by Crippen LogP contribution is -2.51. The van der Waals surface area contributed by atoms with Gasteiger partial charge in [0.25, 0.3) is 0 Å². The molecule has 2 aliphatic rings. The predicted octanol–water partition coefficient (Wildman–Crippen LogP) is 3.26. The van der Waals surface area contributed by atoms with Gasteiger partial charge in [-0.1, -0.05) is 43.0 Å². The number of benzene rings is 1. The van der Waals surface area contributed by atoms with Gasteiger partial charge in [-0.25, -0.2) is 4.99 Å². The maximum absolute atomic E-state index is 12.0. The van der Waals surface area contributed by atoms with E-state index in [0.717, 1.165) is 43.5 Å². The number of halogens is 1. The Morgan fingerprint density at radius 1 is 1.03 bits per heavy atom. The number of hydrogen-bond donors (Lipinski definition) is 2. The fourth-order valence-corrected chi connectivity index (χ4v) is 4.26. The van der Waals surface area contributed by atoms with Crippen LogP contribution in [0.1, 0.15) is 50.5 Å². The van der Waals surface area contributed by atoms with Gasteiger partial charge in [0.05, 0.1) is 0 Å². The number of likely N-dealkylation sites (tertiary alicyclic amines) is 1. The summed E-state index contributed by atoms with van der Waals surface area (Å²) < 4.78 is 0. The highest BCUT2D eigenvalue weighted by Crippen LogP contribution is 2.18. The Bertz CT molecular complexity index is 692. The molecule has 1 heterocycles. The van der Waals surface area contributed by atoms with Gasteiger partial charge in [-0.3, -0.25) is 9.69 Å². The summed E-state index contributed by atoms with van der Waals surface area (Å²) in [5.74, 6) is 0.825. The summed E-state index contributed by atoms with van der Waals surface area (Å²) in [6, 6.07) is 8.97. The molecule has 1 aromatic rings. The number of guanidine groups is 1. The zero-order valence-corrected chi connectivity index (χ0v) is 19.1. The maximum Gasteiger partial charge on any atom is 0.243 e. The van der Waals surface area contributed by atoms with Gasteiger partial charge in [-0.05, 0) is 43.4 Å². The number of likely N-dealkylation sites (N-methyl/N-ethyl adjacent to an activating group) is 1. The summed E-state index contributed by atoms with van der Waals surface area (Å²) >= 11 is 5.99. The first-order chi connectivity index (χ1) is 14.5. The summed E-state index contributed by atoms with van der Waals surface area (Å²) in [7, 11) is 3.55. The van der Waals surface area contributed by atoms with Crippen LogP contribution in [0.2, 0.25) is 5.02 Å². The minimum atomic E-state index is 0.0255. The van der Waals surface area contributed by atoms with Crippen LogP contribution in [0.25, 0.3) is 0 Å². The SMILES string of the molecule is CN(C)C(=O)CN=C(NC1CCCCC1)NC1CCN(Cc2ccc(Cl)cc2)CC1. The average molecular weight is 434 g/mol. The van der Waals surface area contributed by atoms with Crippen molar-refractivity contribution < 1.29 is 4.79 Å². The van der Waals surface area contributed by atoms with E-state index in [0.29, 0.717) is 12.1 Å². The van der Waals surface area contributed by atoms with Crippen molar-refractivity contribution in [1.29, 1.82) is 0 Å². The van der Waals surface area contributed by atoms with E-state index < -0.39 is 0 Å². The van der Waals surface area contributed by atoms with Gasteiger partial charge in [0.15, 0.2) is 5.96 Å². The zero-order valence-electron chi connectivity index (χ0n) is 18.4. The van der Waals surface area contributed by atoms with Crippen molar-refractivity contribution in [3.05, 3.63) is 34.9 Å². The molecule has 1 saturated carbocycles. The van der Waals surface area contributed by atoms with Crippen molar-refractivity contribution in [2.24, 2.45) is 4.99 Å². The molecule has 2 fully saturated rings. The summed E-state index contributed by atoms with van der Waals surface area (Å²) in [6.07, 6.45) is 8.36. The minimum Gasteiger partial charge on any atom is -0.354 e. The van der Waals surface area contributed by atoms with Gasteiger partial charge in [-0.15, -0.1) is 0 Å². The first-order valence-corrected chi connectivity index (χ1v) is 11.6. The van der Waals surface area contributed by atoms with Crippen molar-refractivity contribution in [2.45, 2.75) is 63.6 Å². The summed E-state index contributed by atoms with van der Waals surface area (Å²) in [5, 5.41) is 7.99. The van der Waals surface area contributed by atoms with Gasteiger partial charge in [-0.2, -0.15) is 0 Å². The minimum absolute atomic E-state index is 0.0255. The lowest BCUT2D eigenvalue weighted by molar-refractivity contribution is -0.127. The molecule has 0 radical (unpaired) electrons. The standard InChI is InChI=1S/C23H36ClN5O/c1-28(2)22(30)16-25-23(26-20-6-4-3-5-7-20)27-21-12-14-29(15-13-21)17-18-8-10-19(24)11-9-18/h8-11,20-21H,3-7,12-17H2,1-2H3,(H2,25,26,27). The van der Waals surface area contributed by atoms with Crippen LogP contribution < -0.4 is 10.6 Å². The Morgan fingerprint density at radius 2 is 1.63 bits per heavy atom. The maximum atomic E-state index is 12.0. The number of amides is 1. The number of rotatable bonds is 6. The molecule has 0 aromatic heterocycles. The topological polar surface area (TPSA) is 60.0 Å². The van der Waals surface area contributed by atoms with Gasteiger partial charge in [0.1, 0.15) is 6.54 Å². The van der Waals surface area contributed by atoms with E-state index in [4.69, 9.17) is 11.6 Å². The Hall–Kier alpha value is -1.79. The van der Waals surface area contributed by atoms with Gasteiger partial charge < -0.3 is 15.5 Å². The van der Waals surface area contributed by atoms with Crippen LogP contribution in [0, 0.1) is 0 Å². The highest BCUT2D eigenvalue weighted by atomic mass is 35.5. The van der Waals surface area contributed by atoms with Gasteiger partial charge in [0, 0.05) is 50.8 Å². The van der Waals surface area contributed by atoms with E-state index in [2.05, 4.69) is 32.7 Å². The first kappa shape index (κ1) is 22.9. The molecule has 0 spiro atoms. The molecular formula is C23H36ClN5O. The number of nitrogens with one attached hydrogen (secondary N) is 2. The molecule has 0 unspecified atom stereocenters. The number of aliphatic imine (C=N–C) groups is 1. The predicted molar refractivity (Wildman–Crippen MR) is 124 cm³/mol. The number of hydrogen-bond acceptors (Lipinski definition) is 3. The third-order valence-corrected chi connectivity index (χ3v) is 6.32. The number of carbonyl (C=O) groups is 1. The monoisotopic (exact) mass is 433 g/mol. The fraction of sp³-hybridized carbons (Fsp3) is 0.652. The van der Waals surface area contributed by atoms with E-state index in [1.807, 2.05) is 12.1 Å². The number of piperidine rings is 1. The van der Waals surface area contributed by atoms with Crippen LogP contribution in [0.3, 0.4) is 0 Å². The first-order valence-electron chi connectivity index (χ1n) is 11.2. The molecule has 7 heteroatoms.